The fourth-order valence-corrected chi connectivity index (χ4v) is 4.56. The van der Waals surface area contributed by atoms with Crippen LogP contribution >= 0.6 is 11.5 Å². The topological polar surface area (TPSA) is 45.7 Å². The van der Waals surface area contributed by atoms with Crippen LogP contribution in [0.3, 0.4) is 0 Å². The first-order valence-corrected chi connectivity index (χ1v) is 9.69. The summed E-state index contributed by atoms with van der Waals surface area (Å²) in [6, 6.07) is 16.2. The van der Waals surface area contributed by atoms with E-state index in [1.165, 1.54) is 21.6 Å². The maximum atomic E-state index is 12.8. The molecule has 26 heavy (non-hydrogen) atoms. The van der Waals surface area contributed by atoms with Crippen molar-refractivity contribution in [2.45, 2.75) is 12.5 Å². The van der Waals surface area contributed by atoms with Crippen LogP contribution in [0.5, 0.6) is 5.75 Å². The first kappa shape index (κ1) is 15.6. The maximum Gasteiger partial charge on any atom is 0.264 e. The normalized spacial score (nSPS) is 19.5. The maximum absolute atomic E-state index is 12.8. The van der Waals surface area contributed by atoms with E-state index in [4.69, 9.17) is 4.74 Å². The molecular formula is C20H19N3O2S. The summed E-state index contributed by atoms with van der Waals surface area (Å²) in [6.07, 6.45) is 0.297. The molecule has 6 heteroatoms. The Morgan fingerprint density at radius 1 is 1.04 bits per heavy atom. The highest BCUT2D eigenvalue weighted by Gasteiger charge is 2.34. The second-order valence-corrected chi connectivity index (χ2v) is 7.54. The number of hydrogen-bond donors (Lipinski definition) is 0. The smallest absolute Gasteiger partial charge is 0.264 e. The number of ether oxygens (including phenoxy) is 1. The van der Waals surface area contributed by atoms with Crippen molar-refractivity contribution in [3.05, 3.63) is 54.1 Å². The molecule has 0 N–H and O–H groups in total. The third-order valence-corrected chi connectivity index (χ3v) is 5.99. The largest absolute Gasteiger partial charge is 0.480 e. The van der Waals surface area contributed by atoms with Gasteiger partial charge in [-0.2, -0.15) is 4.37 Å². The molecule has 0 spiro atoms. The van der Waals surface area contributed by atoms with Crippen LogP contribution < -0.4 is 9.64 Å². The van der Waals surface area contributed by atoms with E-state index in [-0.39, 0.29) is 12.0 Å². The zero-order valence-corrected chi connectivity index (χ0v) is 15.1. The molecule has 2 aromatic carbocycles. The Morgan fingerprint density at radius 3 is 2.65 bits per heavy atom. The van der Waals surface area contributed by atoms with Crippen LogP contribution in [0, 0.1) is 0 Å². The third-order valence-electron chi connectivity index (χ3n) is 5.17. The van der Waals surface area contributed by atoms with Crippen molar-refractivity contribution in [2.75, 3.05) is 31.1 Å². The van der Waals surface area contributed by atoms with Gasteiger partial charge in [-0.3, -0.25) is 4.79 Å². The second-order valence-electron chi connectivity index (χ2n) is 6.73. The number of anilines is 1. The minimum absolute atomic E-state index is 0.101. The van der Waals surface area contributed by atoms with Gasteiger partial charge in [-0.15, -0.1) is 0 Å². The van der Waals surface area contributed by atoms with Crippen LogP contribution in [0.4, 0.5) is 5.82 Å². The highest BCUT2D eigenvalue weighted by molar-refractivity contribution is 7.13. The fourth-order valence-electron chi connectivity index (χ4n) is 3.76. The fraction of sp³-hybridized carbons (Fsp3) is 0.300. The number of carbonyl (C=O) groups excluding carboxylic acids is 1. The zero-order chi connectivity index (χ0) is 17.5. The number of hydrogen-bond acceptors (Lipinski definition) is 5. The number of carbonyl (C=O) groups is 1. The summed E-state index contributed by atoms with van der Waals surface area (Å²) in [5.41, 5.74) is 1.12. The third kappa shape index (κ3) is 2.61. The molecule has 0 unspecified atom stereocenters. The molecule has 3 heterocycles. The Morgan fingerprint density at radius 2 is 1.81 bits per heavy atom. The molecule has 1 amide bonds. The van der Waals surface area contributed by atoms with Gasteiger partial charge < -0.3 is 14.5 Å². The van der Waals surface area contributed by atoms with Crippen LogP contribution in [0.25, 0.3) is 10.1 Å². The quantitative estimate of drug-likeness (QED) is 0.700. The van der Waals surface area contributed by atoms with Crippen LogP contribution in [-0.2, 0) is 11.2 Å². The number of amides is 1. The monoisotopic (exact) mass is 365 g/mol. The summed E-state index contributed by atoms with van der Waals surface area (Å²) in [5.74, 6) is 1.99. The summed E-state index contributed by atoms with van der Waals surface area (Å²) >= 11 is 1.54. The van der Waals surface area contributed by atoms with E-state index in [1.807, 2.05) is 35.2 Å². The zero-order valence-electron chi connectivity index (χ0n) is 14.3. The highest BCUT2D eigenvalue weighted by atomic mass is 32.1. The van der Waals surface area contributed by atoms with Gasteiger partial charge in [-0.1, -0.05) is 30.3 Å². The summed E-state index contributed by atoms with van der Waals surface area (Å²) < 4.78 is 11.7. The van der Waals surface area contributed by atoms with Crippen molar-refractivity contribution in [1.82, 2.24) is 9.27 Å². The predicted octanol–water partition coefficient (Wildman–Crippen LogP) is 2.95. The molecule has 1 aromatic heterocycles. The van der Waals surface area contributed by atoms with Gasteiger partial charge in [0, 0.05) is 38.0 Å². The number of fused-ring (bicyclic) bond motifs is 2. The highest BCUT2D eigenvalue weighted by Crippen LogP contribution is 2.31. The molecule has 2 aliphatic rings. The molecule has 5 nitrogen and oxygen atoms in total. The predicted molar refractivity (Wildman–Crippen MR) is 103 cm³/mol. The Bertz CT molecular complexity index is 937. The van der Waals surface area contributed by atoms with E-state index in [9.17, 15) is 4.79 Å². The molecule has 0 saturated carbocycles. The molecule has 3 aromatic rings. The molecule has 0 radical (unpaired) electrons. The summed E-state index contributed by atoms with van der Waals surface area (Å²) in [5, 5.41) is 1.20. The van der Waals surface area contributed by atoms with E-state index in [2.05, 4.69) is 27.5 Å². The standard InChI is InChI=1S/C20H19N3O2S/c24-20(17-13-14-5-1-3-7-16(14)25-17)23-11-9-22(10-12-23)19-15-6-2-4-8-18(15)26-21-19/h1-8,17H,9-13H2/t17-/m1/s1. The SMILES string of the molecule is O=C([C@H]1Cc2ccccc2O1)N1CCN(c2nsc3ccccc23)CC1. The lowest BCUT2D eigenvalue weighted by Gasteiger charge is -2.36. The summed E-state index contributed by atoms with van der Waals surface area (Å²) in [6.45, 7) is 3.03. The Labute approximate surface area is 156 Å². The van der Waals surface area contributed by atoms with Crippen molar-refractivity contribution >= 4 is 33.3 Å². The van der Waals surface area contributed by atoms with E-state index in [0.717, 1.165) is 30.2 Å². The average molecular weight is 365 g/mol. The van der Waals surface area contributed by atoms with Crippen LogP contribution in [0.1, 0.15) is 5.56 Å². The Kier molecular flexibility index (Phi) is 3.78. The number of piperazine rings is 1. The molecule has 2 aliphatic heterocycles. The van der Waals surface area contributed by atoms with Gasteiger partial charge in [0.25, 0.3) is 5.91 Å². The van der Waals surface area contributed by atoms with Gasteiger partial charge in [0.05, 0.1) is 4.70 Å². The number of para-hydroxylation sites is 1. The lowest BCUT2D eigenvalue weighted by atomic mass is 10.1. The first-order valence-electron chi connectivity index (χ1n) is 8.92. The van der Waals surface area contributed by atoms with Crippen molar-refractivity contribution in [3.8, 4) is 5.75 Å². The lowest BCUT2D eigenvalue weighted by molar-refractivity contribution is -0.138. The molecule has 5 rings (SSSR count). The number of rotatable bonds is 2. The van der Waals surface area contributed by atoms with E-state index in [0.29, 0.717) is 19.5 Å². The molecule has 1 saturated heterocycles. The minimum Gasteiger partial charge on any atom is -0.480 e. The Hall–Kier alpha value is -2.60. The summed E-state index contributed by atoms with van der Waals surface area (Å²) in [7, 11) is 0. The van der Waals surface area contributed by atoms with Gasteiger partial charge in [-0.25, -0.2) is 0 Å². The summed E-state index contributed by atoms with van der Waals surface area (Å²) in [4.78, 5) is 17.1. The molecular weight excluding hydrogens is 346 g/mol. The molecule has 0 aliphatic carbocycles. The van der Waals surface area contributed by atoms with Gasteiger partial charge in [-0.05, 0) is 35.3 Å². The molecule has 132 valence electrons. The van der Waals surface area contributed by atoms with Crippen molar-refractivity contribution < 1.29 is 9.53 Å². The number of benzene rings is 2. The minimum atomic E-state index is -0.376. The second kappa shape index (κ2) is 6.29. The van der Waals surface area contributed by atoms with Crippen LogP contribution in [0.2, 0.25) is 0 Å². The molecule has 0 bridgehead atoms. The lowest BCUT2D eigenvalue weighted by Crippen LogP contribution is -2.52. The van der Waals surface area contributed by atoms with Crippen molar-refractivity contribution in [1.29, 1.82) is 0 Å². The Balaban J connectivity index is 1.25. The van der Waals surface area contributed by atoms with Gasteiger partial charge in [0.15, 0.2) is 6.10 Å². The van der Waals surface area contributed by atoms with Crippen LogP contribution in [0.15, 0.2) is 48.5 Å². The van der Waals surface area contributed by atoms with Gasteiger partial charge >= 0.3 is 0 Å². The van der Waals surface area contributed by atoms with E-state index < -0.39 is 0 Å². The number of aromatic nitrogens is 1. The van der Waals surface area contributed by atoms with Gasteiger partial charge in [0.1, 0.15) is 11.6 Å². The average Bonchev–Trinajstić information content (AvgIpc) is 3.32. The van der Waals surface area contributed by atoms with E-state index in [1.54, 1.807) is 0 Å². The van der Waals surface area contributed by atoms with Gasteiger partial charge in [0.2, 0.25) is 0 Å². The van der Waals surface area contributed by atoms with Crippen LogP contribution in [-0.4, -0.2) is 47.5 Å². The van der Waals surface area contributed by atoms with Crippen molar-refractivity contribution in [3.63, 3.8) is 0 Å². The molecule has 1 fully saturated rings. The first-order chi connectivity index (χ1) is 12.8. The van der Waals surface area contributed by atoms with Crippen molar-refractivity contribution in [2.24, 2.45) is 0 Å². The van der Waals surface area contributed by atoms with E-state index >= 15 is 0 Å². The number of nitrogens with zero attached hydrogens (tertiary/aromatic N) is 3. The molecule has 1 atom stereocenters.